The van der Waals surface area contributed by atoms with Gasteiger partial charge in [-0.1, -0.05) is 16.8 Å². The number of imidazole rings is 1. The molecular formula is C30H37ClN8O3. The van der Waals surface area contributed by atoms with Gasteiger partial charge in [0, 0.05) is 76.2 Å². The quantitative estimate of drug-likeness (QED) is 0.344. The molecule has 0 spiro atoms. The van der Waals surface area contributed by atoms with Crippen molar-refractivity contribution < 1.29 is 14.1 Å². The van der Waals surface area contributed by atoms with Gasteiger partial charge in [0.05, 0.1) is 22.6 Å². The highest BCUT2D eigenvalue weighted by molar-refractivity contribution is 6.34. The van der Waals surface area contributed by atoms with E-state index in [0.717, 1.165) is 85.5 Å². The van der Waals surface area contributed by atoms with Crippen LogP contribution in [0, 0.1) is 6.92 Å². The minimum Gasteiger partial charge on any atom is -0.444 e. The van der Waals surface area contributed by atoms with Gasteiger partial charge < -0.3 is 28.9 Å². The average Bonchev–Trinajstić information content (AvgIpc) is 3.59. The van der Waals surface area contributed by atoms with E-state index in [9.17, 15) is 4.79 Å². The first kappa shape index (κ1) is 28.3. The van der Waals surface area contributed by atoms with Gasteiger partial charge in [0.15, 0.2) is 5.65 Å². The van der Waals surface area contributed by atoms with Crippen LogP contribution in [-0.2, 0) is 11.3 Å². The lowest BCUT2D eigenvalue weighted by Crippen LogP contribution is -2.50. The van der Waals surface area contributed by atoms with Crippen LogP contribution in [0.4, 0.5) is 16.2 Å². The lowest BCUT2D eigenvalue weighted by molar-refractivity contribution is 0.0240. The monoisotopic (exact) mass is 592 g/mol. The van der Waals surface area contributed by atoms with E-state index >= 15 is 0 Å². The van der Waals surface area contributed by atoms with Crippen molar-refractivity contribution in [2.45, 2.75) is 39.8 Å². The zero-order chi connectivity index (χ0) is 29.4. The number of pyridine rings is 1. The normalized spacial score (nSPS) is 16.8. The van der Waals surface area contributed by atoms with Crippen LogP contribution >= 0.6 is 11.6 Å². The first-order valence-electron chi connectivity index (χ1n) is 14.4. The fraction of sp³-hybridized carbons (Fsp3) is 0.467. The van der Waals surface area contributed by atoms with Crippen LogP contribution in [0.5, 0.6) is 0 Å². The summed E-state index contributed by atoms with van der Waals surface area (Å²) in [5.74, 6) is 1.58. The van der Waals surface area contributed by atoms with Gasteiger partial charge >= 0.3 is 6.09 Å². The number of anilines is 2. The molecule has 2 saturated heterocycles. The number of hydrogen-bond acceptors (Lipinski definition) is 9. The first-order valence-corrected chi connectivity index (χ1v) is 14.8. The molecule has 0 aliphatic carbocycles. The molecule has 222 valence electrons. The molecule has 11 nitrogen and oxygen atoms in total. The van der Waals surface area contributed by atoms with E-state index in [2.05, 4.69) is 54.1 Å². The van der Waals surface area contributed by atoms with Crippen molar-refractivity contribution in [3.8, 4) is 11.4 Å². The number of nitrogens with zero attached hydrogens (tertiary/aromatic N) is 7. The van der Waals surface area contributed by atoms with E-state index in [4.69, 9.17) is 25.8 Å². The smallest absolute Gasteiger partial charge is 0.410 e. The number of aromatic amines is 1. The number of carbonyl (C=O) groups is 1. The summed E-state index contributed by atoms with van der Waals surface area (Å²) in [6.45, 7) is 14.5. The van der Waals surface area contributed by atoms with E-state index in [1.54, 1.807) is 11.1 Å². The zero-order valence-electron chi connectivity index (χ0n) is 24.6. The molecular weight excluding hydrogens is 556 g/mol. The topological polar surface area (TPSA) is 107 Å². The molecule has 2 fully saturated rings. The Morgan fingerprint density at radius 2 is 1.71 bits per heavy atom. The Hall–Kier alpha value is -3.83. The van der Waals surface area contributed by atoms with Gasteiger partial charge in [0.2, 0.25) is 0 Å². The van der Waals surface area contributed by atoms with Crippen LogP contribution in [0.15, 0.2) is 41.1 Å². The number of hydrogen-bond donors (Lipinski definition) is 1. The number of nitrogens with one attached hydrogen (secondary N) is 1. The van der Waals surface area contributed by atoms with Gasteiger partial charge in [-0.15, -0.1) is 0 Å². The molecule has 42 heavy (non-hydrogen) atoms. The Morgan fingerprint density at radius 3 is 2.36 bits per heavy atom. The molecule has 1 amide bonds. The summed E-state index contributed by atoms with van der Waals surface area (Å²) in [4.78, 5) is 34.0. The summed E-state index contributed by atoms with van der Waals surface area (Å²) in [5, 5.41) is 4.73. The lowest BCUT2D eigenvalue weighted by atomic mass is 10.1. The van der Waals surface area contributed by atoms with Crippen LogP contribution in [-0.4, -0.2) is 94.0 Å². The predicted molar refractivity (Wildman–Crippen MR) is 163 cm³/mol. The van der Waals surface area contributed by atoms with Gasteiger partial charge in [-0.05, 0) is 52.0 Å². The standard InChI is InChI=1S/C30H37ClN8O3/c1-20-17-22(35-42-20)19-36-9-11-38(12-10-36)26-24(31)18-32-28-25(26)33-27(34-28)21-5-7-23(8-6-21)37-13-15-39(16-14-37)29(40)41-30(2,3)4/h5-8,17-18H,9-16,19H2,1-4H3,(H,32,33,34). The Kier molecular flexibility index (Phi) is 7.71. The second kappa shape index (κ2) is 11.4. The molecule has 0 saturated carbocycles. The van der Waals surface area contributed by atoms with Crippen molar-refractivity contribution in [1.29, 1.82) is 0 Å². The minimum absolute atomic E-state index is 0.251. The van der Waals surface area contributed by atoms with Crippen LogP contribution in [0.3, 0.4) is 0 Å². The number of benzene rings is 1. The van der Waals surface area contributed by atoms with E-state index in [1.165, 1.54) is 0 Å². The number of ether oxygens (including phenoxy) is 1. The van der Waals surface area contributed by atoms with Crippen LogP contribution in [0.1, 0.15) is 32.2 Å². The fourth-order valence-electron chi connectivity index (χ4n) is 5.51. The van der Waals surface area contributed by atoms with Crippen molar-refractivity contribution in [2.75, 3.05) is 62.2 Å². The molecule has 0 atom stereocenters. The number of rotatable bonds is 5. The number of piperazine rings is 2. The van der Waals surface area contributed by atoms with Crippen LogP contribution in [0.25, 0.3) is 22.6 Å². The summed E-state index contributed by atoms with van der Waals surface area (Å²) in [7, 11) is 0. The third-order valence-corrected chi connectivity index (χ3v) is 7.91. The van der Waals surface area contributed by atoms with Crippen molar-refractivity contribution >= 4 is 40.2 Å². The summed E-state index contributed by atoms with van der Waals surface area (Å²) in [6, 6.07) is 10.3. The summed E-state index contributed by atoms with van der Waals surface area (Å²) in [5.41, 5.74) is 4.96. The number of halogens is 1. The highest BCUT2D eigenvalue weighted by Crippen LogP contribution is 2.34. The molecule has 3 aromatic heterocycles. The first-order chi connectivity index (χ1) is 20.1. The number of fused-ring (bicyclic) bond motifs is 1. The number of amides is 1. The van der Waals surface area contributed by atoms with Crippen molar-refractivity contribution in [2.24, 2.45) is 0 Å². The predicted octanol–water partition coefficient (Wildman–Crippen LogP) is 4.95. The number of aryl methyl sites for hydroxylation is 1. The summed E-state index contributed by atoms with van der Waals surface area (Å²) in [6.07, 6.45) is 1.45. The zero-order valence-corrected chi connectivity index (χ0v) is 25.3. The number of carbonyl (C=O) groups excluding carboxylic acids is 1. The second-order valence-corrected chi connectivity index (χ2v) is 12.3. The lowest BCUT2D eigenvalue weighted by Gasteiger charge is -2.36. The fourth-order valence-corrected chi connectivity index (χ4v) is 5.77. The molecule has 0 radical (unpaired) electrons. The van der Waals surface area contributed by atoms with Gasteiger partial charge in [-0.2, -0.15) is 0 Å². The highest BCUT2D eigenvalue weighted by Gasteiger charge is 2.27. The van der Waals surface area contributed by atoms with Crippen molar-refractivity contribution in [3.63, 3.8) is 0 Å². The maximum Gasteiger partial charge on any atom is 0.410 e. The van der Waals surface area contributed by atoms with Crippen molar-refractivity contribution in [1.82, 2.24) is 29.9 Å². The molecule has 2 aliphatic rings. The van der Waals surface area contributed by atoms with E-state index in [1.807, 2.05) is 33.8 Å². The van der Waals surface area contributed by atoms with Gasteiger partial charge in [0.1, 0.15) is 22.7 Å². The van der Waals surface area contributed by atoms with Crippen LogP contribution in [0.2, 0.25) is 5.02 Å². The van der Waals surface area contributed by atoms with Gasteiger partial charge in [-0.25, -0.2) is 14.8 Å². The van der Waals surface area contributed by atoms with E-state index in [0.29, 0.717) is 23.8 Å². The van der Waals surface area contributed by atoms with Crippen LogP contribution < -0.4 is 9.80 Å². The Bertz CT molecular complexity index is 1550. The minimum atomic E-state index is -0.491. The maximum absolute atomic E-state index is 12.4. The Morgan fingerprint density at radius 1 is 1.02 bits per heavy atom. The summed E-state index contributed by atoms with van der Waals surface area (Å²) < 4.78 is 10.7. The summed E-state index contributed by atoms with van der Waals surface area (Å²) >= 11 is 6.70. The highest BCUT2D eigenvalue weighted by atomic mass is 35.5. The molecule has 6 rings (SSSR count). The Balaban J connectivity index is 1.12. The molecule has 2 aliphatic heterocycles. The van der Waals surface area contributed by atoms with Gasteiger partial charge in [0.25, 0.3) is 0 Å². The molecule has 12 heteroatoms. The average molecular weight is 593 g/mol. The second-order valence-electron chi connectivity index (χ2n) is 11.9. The molecule has 5 heterocycles. The molecule has 0 unspecified atom stereocenters. The molecule has 1 aromatic carbocycles. The van der Waals surface area contributed by atoms with E-state index < -0.39 is 5.60 Å². The molecule has 0 bridgehead atoms. The SMILES string of the molecule is Cc1cc(CN2CCN(c3c(Cl)cnc4[nH]c(-c5ccc(N6CCN(C(=O)OC(C)(C)C)CC6)cc5)nc34)CC2)no1. The largest absolute Gasteiger partial charge is 0.444 e. The van der Waals surface area contributed by atoms with Crippen molar-refractivity contribution in [3.05, 3.63) is 53.0 Å². The number of aromatic nitrogens is 4. The Labute approximate surface area is 250 Å². The molecule has 1 N–H and O–H groups in total. The molecule has 4 aromatic rings. The maximum atomic E-state index is 12.4. The third-order valence-electron chi connectivity index (χ3n) is 7.63. The third kappa shape index (κ3) is 6.17. The van der Waals surface area contributed by atoms with Gasteiger partial charge in [-0.3, -0.25) is 4.90 Å². The number of H-pyrrole nitrogens is 1. The van der Waals surface area contributed by atoms with E-state index in [-0.39, 0.29) is 6.09 Å².